The summed E-state index contributed by atoms with van der Waals surface area (Å²) in [4.78, 5) is 17.5. The Kier molecular flexibility index (Phi) is 5.60. The van der Waals surface area contributed by atoms with Gasteiger partial charge in [-0.3, -0.25) is 14.8 Å². The average Bonchev–Trinajstić information content (AvgIpc) is 3.43. The van der Waals surface area contributed by atoms with Crippen LogP contribution in [-0.2, 0) is 13.7 Å². The molecule has 6 nitrogen and oxygen atoms in total. The number of hydrogen-bond donors (Lipinski definition) is 1. The van der Waals surface area contributed by atoms with Crippen molar-refractivity contribution in [1.82, 2.24) is 14.8 Å². The van der Waals surface area contributed by atoms with Crippen molar-refractivity contribution in [3.05, 3.63) is 69.0 Å². The van der Waals surface area contributed by atoms with Crippen LogP contribution in [0.25, 0.3) is 11.3 Å². The van der Waals surface area contributed by atoms with Crippen LogP contribution in [0.5, 0.6) is 5.75 Å². The Bertz CT molecular complexity index is 1220. The number of aryl methyl sites for hydroxylation is 1. The Morgan fingerprint density at radius 1 is 1.23 bits per heavy atom. The number of aromatic nitrogens is 3. The molecule has 1 amide bonds. The fourth-order valence-corrected chi connectivity index (χ4v) is 4.18. The number of halogens is 2. The minimum Gasteiger partial charge on any atom is -0.486 e. The van der Waals surface area contributed by atoms with Gasteiger partial charge in [-0.05, 0) is 30.5 Å². The van der Waals surface area contributed by atoms with E-state index in [2.05, 4.69) is 15.4 Å². The molecular formula is C20H16F2N4O2S2. The second-order valence-electron chi connectivity index (χ2n) is 6.44. The number of nitrogens with one attached hydrogen (secondary N) is 1. The molecule has 0 aliphatic heterocycles. The van der Waals surface area contributed by atoms with Gasteiger partial charge in [-0.25, -0.2) is 13.8 Å². The van der Waals surface area contributed by atoms with E-state index in [1.165, 1.54) is 28.7 Å². The second-order valence-corrected chi connectivity index (χ2v) is 8.21. The van der Waals surface area contributed by atoms with E-state index >= 15 is 0 Å². The number of carbonyl (C=O) groups is 1. The van der Waals surface area contributed by atoms with Gasteiger partial charge in [-0.15, -0.1) is 22.7 Å². The third-order valence-electron chi connectivity index (χ3n) is 4.40. The molecule has 30 heavy (non-hydrogen) atoms. The highest BCUT2D eigenvalue weighted by Crippen LogP contribution is 2.28. The van der Waals surface area contributed by atoms with Crippen molar-refractivity contribution in [3.63, 3.8) is 0 Å². The van der Waals surface area contributed by atoms with Crippen LogP contribution in [-0.4, -0.2) is 20.7 Å². The zero-order valence-electron chi connectivity index (χ0n) is 16.0. The van der Waals surface area contributed by atoms with E-state index in [1.54, 1.807) is 22.3 Å². The molecular weight excluding hydrogens is 430 g/mol. The standard InChI is InChI=1S/C20H16F2N4O2S2/c1-11-14(7-23-26(11)2)16-10-30-20(24-16)25-19(27)18-5-12(9-29-18)8-28-17-4-3-13(21)6-15(17)22/h3-7,9-10H,8H2,1-2H3,(H,24,25,27). The Morgan fingerprint density at radius 2 is 2.07 bits per heavy atom. The fraction of sp³-hybridized carbons (Fsp3) is 0.150. The Hall–Kier alpha value is -3.11. The molecule has 0 unspecified atom stereocenters. The zero-order valence-corrected chi connectivity index (χ0v) is 17.6. The van der Waals surface area contributed by atoms with E-state index in [4.69, 9.17) is 4.74 Å². The second kappa shape index (κ2) is 8.33. The third kappa shape index (κ3) is 4.24. The minimum atomic E-state index is -0.772. The predicted molar refractivity (Wildman–Crippen MR) is 112 cm³/mol. The molecule has 4 rings (SSSR count). The number of carbonyl (C=O) groups excluding carboxylic acids is 1. The molecule has 0 saturated carbocycles. The topological polar surface area (TPSA) is 69.0 Å². The Labute approximate surface area is 178 Å². The molecule has 3 heterocycles. The van der Waals surface area contributed by atoms with Crippen molar-refractivity contribution in [3.8, 4) is 17.0 Å². The van der Waals surface area contributed by atoms with Crippen molar-refractivity contribution >= 4 is 33.7 Å². The van der Waals surface area contributed by atoms with Crippen LogP contribution in [0.3, 0.4) is 0 Å². The number of ether oxygens (including phenoxy) is 1. The number of rotatable bonds is 6. The first-order valence-corrected chi connectivity index (χ1v) is 10.6. The normalized spacial score (nSPS) is 10.9. The smallest absolute Gasteiger partial charge is 0.267 e. The molecule has 3 aromatic heterocycles. The summed E-state index contributed by atoms with van der Waals surface area (Å²) in [5, 5.41) is 11.1. The number of hydrogen-bond acceptors (Lipinski definition) is 6. The summed E-state index contributed by atoms with van der Waals surface area (Å²) in [6.07, 6.45) is 1.74. The SMILES string of the molecule is Cc1c(-c2csc(NC(=O)c3cc(COc4ccc(F)cc4F)cs3)n2)cnn1C. The van der Waals surface area contributed by atoms with Crippen molar-refractivity contribution in [2.24, 2.45) is 7.05 Å². The maximum atomic E-state index is 13.6. The molecule has 1 N–H and O–H groups in total. The predicted octanol–water partition coefficient (Wildman–Crippen LogP) is 5.02. The molecule has 10 heteroatoms. The molecule has 0 spiro atoms. The monoisotopic (exact) mass is 446 g/mol. The first-order valence-electron chi connectivity index (χ1n) is 8.82. The van der Waals surface area contributed by atoms with Gasteiger partial charge in [-0.2, -0.15) is 5.10 Å². The van der Waals surface area contributed by atoms with Crippen LogP contribution in [0.2, 0.25) is 0 Å². The molecule has 0 radical (unpaired) electrons. The summed E-state index contributed by atoms with van der Waals surface area (Å²) in [5.41, 5.74) is 3.36. The van der Waals surface area contributed by atoms with Crippen molar-refractivity contribution in [2.45, 2.75) is 13.5 Å². The molecule has 1 aromatic carbocycles. The Morgan fingerprint density at radius 3 is 2.80 bits per heavy atom. The summed E-state index contributed by atoms with van der Waals surface area (Å²) in [7, 11) is 1.86. The van der Waals surface area contributed by atoms with Gasteiger partial charge >= 0.3 is 0 Å². The molecule has 0 aliphatic rings. The van der Waals surface area contributed by atoms with Gasteiger partial charge in [0.15, 0.2) is 16.7 Å². The number of amides is 1. The highest BCUT2D eigenvalue weighted by molar-refractivity contribution is 7.14. The number of thiophene rings is 1. The summed E-state index contributed by atoms with van der Waals surface area (Å²) < 4.78 is 33.7. The summed E-state index contributed by atoms with van der Waals surface area (Å²) in [6.45, 7) is 2.01. The molecule has 0 saturated heterocycles. The summed E-state index contributed by atoms with van der Waals surface area (Å²) in [5.74, 6) is -1.78. The minimum absolute atomic E-state index is 0.0467. The molecule has 0 atom stereocenters. The van der Waals surface area contributed by atoms with Gasteiger partial charge in [-0.1, -0.05) is 0 Å². The van der Waals surface area contributed by atoms with E-state index in [0.717, 1.165) is 29.1 Å². The van der Waals surface area contributed by atoms with Crippen molar-refractivity contribution in [1.29, 1.82) is 0 Å². The van der Waals surface area contributed by atoms with Crippen LogP contribution >= 0.6 is 22.7 Å². The lowest BCUT2D eigenvalue weighted by atomic mass is 10.2. The van der Waals surface area contributed by atoms with Crippen LogP contribution < -0.4 is 10.1 Å². The molecule has 0 fully saturated rings. The maximum absolute atomic E-state index is 13.6. The highest BCUT2D eigenvalue weighted by atomic mass is 32.1. The van der Waals surface area contributed by atoms with E-state index in [1.807, 2.05) is 19.4 Å². The molecule has 0 bridgehead atoms. The van der Waals surface area contributed by atoms with E-state index < -0.39 is 11.6 Å². The van der Waals surface area contributed by atoms with Crippen LogP contribution in [0.1, 0.15) is 20.9 Å². The van der Waals surface area contributed by atoms with Gasteiger partial charge in [0, 0.05) is 35.3 Å². The van der Waals surface area contributed by atoms with Crippen LogP contribution in [0.4, 0.5) is 13.9 Å². The summed E-state index contributed by atoms with van der Waals surface area (Å²) in [6, 6.07) is 4.78. The number of benzene rings is 1. The fourth-order valence-electron chi connectivity index (χ4n) is 2.69. The molecule has 4 aromatic rings. The molecule has 0 aliphatic carbocycles. The first kappa shape index (κ1) is 20.2. The first-order chi connectivity index (χ1) is 14.4. The lowest BCUT2D eigenvalue weighted by Crippen LogP contribution is -2.10. The molecule has 154 valence electrons. The number of thiazole rings is 1. The quantitative estimate of drug-likeness (QED) is 0.451. The van der Waals surface area contributed by atoms with Crippen molar-refractivity contribution in [2.75, 3.05) is 5.32 Å². The van der Waals surface area contributed by atoms with Gasteiger partial charge in [0.05, 0.1) is 16.8 Å². The number of anilines is 1. The lowest BCUT2D eigenvalue weighted by molar-refractivity contribution is 0.103. The third-order valence-corrected chi connectivity index (χ3v) is 6.14. The van der Waals surface area contributed by atoms with Gasteiger partial charge in [0.25, 0.3) is 5.91 Å². The van der Waals surface area contributed by atoms with Gasteiger partial charge in [0.1, 0.15) is 12.4 Å². The van der Waals surface area contributed by atoms with E-state index in [0.29, 0.717) is 15.6 Å². The van der Waals surface area contributed by atoms with Gasteiger partial charge in [0.2, 0.25) is 0 Å². The highest BCUT2D eigenvalue weighted by Gasteiger charge is 2.15. The summed E-state index contributed by atoms with van der Waals surface area (Å²) >= 11 is 2.58. The van der Waals surface area contributed by atoms with E-state index in [-0.39, 0.29) is 18.3 Å². The lowest BCUT2D eigenvalue weighted by Gasteiger charge is -2.05. The van der Waals surface area contributed by atoms with Crippen LogP contribution in [0.15, 0.2) is 41.2 Å². The zero-order chi connectivity index (χ0) is 21.3. The maximum Gasteiger partial charge on any atom is 0.267 e. The van der Waals surface area contributed by atoms with Crippen molar-refractivity contribution < 1.29 is 18.3 Å². The average molecular weight is 447 g/mol. The van der Waals surface area contributed by atoms with Crippen LogP contribution in [0, 0.1) is 18.6 Å². The Balaban J connectivity index is 1.39. The number of nitrogens with zero attached hydrogens (tertiary/aromatic N) is 3. The van der Waals surface area contributed by atoms with Gasteiger partial charge < -0.3 is 4.74 Å². The largest absolute Gasteiger partial charge is 0.486 e. The van der Waals surface area contributed by atoms with E-state index in [9.17, 15) is 13.6 Å².